The zero-order valence-electron chi connectivity index (χ0n) is 19.3. The summed E-state index contributed by atoms with van der Waals surface area (Å²) >= 11 is 6.76. The lowest BCUT2D eigenvalue weighted by Gasteiger charge is -2.59. The number of rotatable bonds is 5. The summed E-state index contributed by atoms with van der Waals surface area (Å²) in [7, 11) is 0. The second kappa shape index (κ2) is 7.94. The predicted molar refractivity (Wildman–Crippen MR) is 122 cm³/mol. The van der Waals surface area contributed by atoms with Gasteiger partial charge < -0.3 is 0 Å². The van der Waals surface area contributed by atoms with Gasteiger partial charge in [-0.05, 0) is 110 Å². The number of allylic oxidation sites excluding steroid dienone is 2. The lowest BCUT2D eigenvalue weighted by molar-refractivity contribution is -0.0594. The van der Waals surface area contributed by atoms with Gasteiger partial charge in [0.15, 0.2) is 0 Å². The molecule has 0 aromatic rings. The first kappa shape index (κ1) is 21.3. The van der Waals surface area contributed by atoms with Crippen LogP contribution in [0.25, 0.3) is 0 Å². The molecule has 0 aromatic carbocycles. The first-order valence-corrected chi connectivity index (χ1v) is 13.0. The van der Waals surface area contributed by atoms with Crippen LogP contribution in [-0.2, 0) is 0 Å². The number of hydrogen-bond acceptors (Lipinski definition) is 0. The third-order valence-corrected chi connectivity index (χ3v) is 10.7. The third-order valence-electron chi connectivity index (χ3n) is 10.3. The molecule has 0 N–H and O–H groups in total. The average Bonchev–Trinajstić information content (AvgIpc) is 2.98. The predicted octanol–water partition coefficient (Wildman–Crippen LogP) is 8.98. The molecular weight excluding hydrogens is 360 g/mol. The Morgan fingerprint density at radius 1 is 0.929 bits per heavy atom. The average molecular weight is 405 g/mol. The number of halogens is 1. The van der Waals surface area contributed by atoms with Crippen LogP contribution in [-0.4, -0.2) is 0 Å². The molecule has 0 aliphatic heterocycles. The summed E-state index contributed by atoms with van der Waals surface area (Å²) in [4.78, 5) is 0. The maximum Gasteiger partial charge on any atom is 0.0178 e. The topological polar surface area (TPSA) is 0 Å². The fraction of sp³-hybridized carbons (Fsp3) is 0.926. The molecule has 3 saturated carbocycles. The molecule has 3 fully saturated rings. The van der Waals surface area contributed by atoms with Crippen LogP contribution >= 0.6 is 11.6 Å². The minimum Gasteiger partial charge on any atom is -0.0892 e. The van der Waals surface area contributed by atoms with E-state index >= 15 is 0 Å². The Labute approximate surface area is 180 Å². The minimum absolute atomic E-state index is 0.431. The minimum atomic E-state index is 0.431. The van der Waals surface area contributed by atoms with Crippen LogP contribution in [0.3, 0.4) is 0 Å². The first-order valence-electron chi connectivity index (χ1n) is 12.7. The highest BCUT2D eigenvalue weighted by molar-refractivity contribution is 6.30. The van der Waals surface area contributed by atoms with E-state index in [2.05, 4.69) is 34.6 Å². The molecule has 0 unspecified atom stereocenters. The van der Waals surface area contributed by atoms with E-state index < -0.39 is 0 Å². The van der Waals surface area contributed by atoms with E-state index in [1.54, 1.807) is 5.57 Å². The van der Waals surface area contributed by atoms with Crippen molar-refractivity contribution in [3.63, 3.8) is 0 Å². The summed E-state index contributed by atoms with van der Waals surface area (Å²) in [6.45, 7) is 12.7. The highest BCUT2D eigenvalue weighted by atomic mass is 35.5. The van der Waals surface area contributed by atoms with Gasteiger partial charge in [0.2, 0.25) is 0 Å². The summed E-state index contributed by atoms with van der Waals surface area (Å²) in [6, 6.07) is 0. The molecule has 0 amide bonds. The lowest BCUT2D eigenvalue weighted by Crippen LogP contribution is -2.50. The molecule has 0 aromatic heterocycles. The highest BCUT2D eigenvalue weighted by Crippen LogP contribution is 2.68. The molecular formula is C27H45Cl. The van der Waals surface area contributed by atoms with Crippen molar-refractivity contribution in [2.45, 2.75) is 112 Å². The highest BCUT2D eigenvalue weighted by Gasteiger charge is 2.59. The van der Waals surface area contributed by atoms with Crippen LogP contribution in [0, 0.1) is 46.3 Å². The van der Waals surface area contributed by atoms with Crippen LogP contribution < -0.4 is 0 Å². The van der Waals surface area contributed by atoms with Crippen LogP contribution in [0.2, 0.25) is 0 Å². The fourth-order valence-electron chi connectivity index (χ4n) is 8.87. The molecule has 4 rings (SSSR count). The Balaban J connectivity index is 1.50. The molecule has 4 aliphatic rings. The standard InChI is InChI=1S/C27H45Cl/c1-18(2)8-6-9-19(3)21-13-14-22-20-11-12-24-25(28)10-7-16-26(24,4)23(20)15-17-27(21,22)5/h18-23H,6-17H2,1-5H3/t19-,20+,21-,22+,23+,26-,27-/m1/s1. The van der Waals surface area contributed by atoms with Crippen molar-refractivity contribution in [1.29, 1.82) is 0 Å². The van der Waals surface area contributed by atoms with E-state index in [1.165, 1.54) is 75.7 Å². The second-order valence-corrected chi connectivity index (χ2v) is 12.6. The quantitative estimate of drug-likeness (QED) is 0.428. The van der Waals surface area contributed by atoms with E-state index in [0.29, 0.717) is 10.8 Å². The Kier molecular flexibility index (Phi) is 6.03. The van der Waals surface area contributed by atoms with E-state index in [0.717, 1.165) is 41.9 Å². The van der Waals surface area contributed by atoms with Crippen molar-refractivity contribution in [3.8, 4) is 0 Å². The zero-order chi connectivity index (χ0) is 20.1. The maximum atomic E-state index is 6.76. The van der Waals surface area contributed by atoms with E-state index in [9.17, 15) is 0 Å². The SMILES string of the molecule is CC(C)CCC[C@@H](C)[C@H]1CC[C@H]2[C@@H]3CCC4=C(Cl)CCC[C@]4(C)[C@H]3CC[C@]12C. The van der Waals surface area contributed by atoms with E-state index in [4.69, 9.17) is 11.6 Å². The summed E-state index contributed by atoms with van der Waals surface area (Å²) in [6.07, 6.45) is 16.9. The van der Waals surface area contributed by atoms with Crippen molar-refractivity contribution in [3.05, 3.63) is 10.6 Å². The molecule has 0 nitrogen and oxygen atoms in total. The van der Waals surface area contributed by atoms with Crippen molar-refractivity contribution >= 4 is 11.6 Å². The maximum absolute atomic E-state index is 6.76. The van der Waals surface area contributed by atoms with Gasteiger partial charge in [0.25, 0.3) is 0 Å². The van der Waals surface area contributed by atoms with E-state index in [-0.39, 0.29) is 0 Å². The Hall–Kier alpha value is 0.0300. The molecule has 0 radical (unpaired) electrons. The van der Waals surface area contributed by atoms with E-state index in [1.807, 2.05) is 0 Å². The molecule has 160 valence electrons. The van der Waals surface area contributed by atoms with Crippen molar-refractivity contribution < 1.29 is 0 Å². The van der Waals surface area contributed by atoms with Crippen LogP contribution in [0.1, 0.15) is 112 Å². The van der Waals surface area contributed by atoms with Gasteiger partial charge in [-0.25, -0.2) is 0 Å². The van der Waals surface area contributed by atoms with Gasteiger partial charge in [-0.1, -0.05) is 65.5 Å². The van der Waals surface area contributed by atoms with Gasteiger partial charge in [0.05, 0.1) is 0 Å². The molecule has 0 saturated heterocycles. The van der Waals surface area contributed by atoms with Gasteiger partial charge in [-0.3, -0.25) is 0 Å². The Morgan fingerprint density at radius 3 is 2.46 bits per heavy atom. The Morgan fingerprint density at radius 2 is 1.71 bits per heavy atom. The summed E-state index contributed by atoms with van der Waals surface area (Å²) in [5.74, 6) is 5.64. The van der Waals surface area contributed by atoms with Crippen molar-refractivity contribution in [2.24, 2.45) is 46.3 Å². The van der Waals surface area contributed by atoms with Gasteiger partial charge in [0, 0.05) is 5.03 Å². The fourth-order valence-corrected chi connectivity index (χ4v) is 9.31. The molecule has 4 aliphatic carbocycles. The molecule has 0 heterocycles. The van der Waals surface area contributed by atoms with Gasteiger partial charge in [0.1, 0.15) is 0 Å². The monoisotopic (exact) mass is 404 g/mol. The molecule has 0 bridgehead atoms. The largest absolute Gasteiger partial charge is 0.0892 e. The summed E-state index contributed by atoms with van der Waals surface area (Å²) in [5, 5.41) is 1.25. The smallest absolute Gasteiger partial charge is 0.0178 e. The number of fused-ring (bicyclic) bond motifs is 5. The van der Waals surface area contributed by atoms with Crippen LogP contribution in [0.5, 0.6) is 0 Å². The summed E-state index contributed by atoms with van der Waals surface area (Å²) < 4.78 is 0. The van der Waals surface area contributed by atoms with Crippen LogP contribution in [0.4, 0.5) is 0 Å². The normalized spacial score (nSPS) is 44.2. The first-order chi connectivity index (χ1) is 13.3. The summed E-state index contributed by atoms with van der Waals surface area (Å²) in [5.41, 5.74) is 2.73. The number of hydrogen-bond donors (Lipinski definition) is 0. The van der Waals surface area contributed by atoms with Crippen molar-refractivity contribution in [1.82, 2.24) is 0 Å². The van der Waals surface area contributed by atoms with Gasteiger partial charge >= 0.3 is 0 Å². The third kappa shape index (κ3) is 3.42. The van der Waals surface area contributed by atoms with Crippen molar-refractivity contribution in [2.75, 3.05) is 0 Å². The molecule has 7 atom stereocenters. The van der Waals surface area contributed by atoms with Gasteiger partial charge in [-0.15, -0.1) is 0 Å². The Bertz CT molecular complexity index is 603. The molecule has 0 spiro atoms. The lowest BCUT2D eigenvalue weighted by atomic mass is 9.46. The molecule has 1 heteroatoms. The second-order valence-electron chi connectivity index (χ2n) is 12.1. The van der Waals surface area contributed by atoms with Crippen LogP contribution in [0.15, 0.2) is 10.6 Å². The zero-order valence-corrected chi connectivity index (χ0v) is 20.1. The molecule has 28 heavy (non-hydrogen) atoms. The van der Waals surface area contributed by atoms with Gasteiger partial charge in [-0.2, -0.15) is 0 Å².